The van der Waals surface area contributed by atoms with Crippen molar-refractivity contribution in [2.45, 2.75) is 52.7 Å². The molecule has 0 radical (unpaired) electrons. The quantitative estimate of drug-likeness (QED) is 0.779. The molecule has 0 bridgehead atoms. The van der Waals surface area contributed by atoms with Crippen LogP contribution in [0.25, 0.3) is 0 Å². The third kappa shape index (κ3) is 5.89. The van der Waals surface area contributed by atoms with Gasteiger partial charge in [-0.2, -0.15) is 0 Å². The topological polar surface area (TPSA) is 83.2 Å². The maximum atomic E-state index is 12.0. The van der Waals surface area contributed by atoms with Crippen LogP contribution in [0.2, 0.25) is 0 Å². The van der Waals surface area contributed by atoms with Crippen LogP contribution in [0.5, 0.6) is 0 Å². The molecule has 6 heteroatoms. The summed E-state index contributed by atoms with van der Waals surface area (Å²) >= 11 is 0. The molecule has 1 unspecified atom stereocenters. The highest BCUT2D eigenvalue weighted by atomic mass is 16.6. The van der Waals surface area contributed by atoms with Crippen molar-refractivity contribution < 1.29 is 14.3 Å². The third-order valence-corrected chi connectivity index (χ3v) is 2.92. The zero-order chi connectivity index (χ0) is 16.0. The van der Waals surface area contributed by atoms with Gasteiger partial charge >= 0.3 is 6.09 Å². The molecule has 118 valence electrons. The monoisotopic (exact) mass is 295 g/mol. The van der Waals surface area contributed by atoms with E-state index in [2.05, 4.69) is 15.6 Å². The number of aromatic amines is 1. The zero-order valence-electron chi connectivity index (χ0n) is 13.4. The molecule has 3 N–H and O–H groups in total. The first kappa shape index (κ1) is 17.1. The molecule has 0 aromatic carbocycles. The molecule has 6 nitrogen and oxygen atoms in total. The van der Waals surface area contributed by atoms with Crippen LogP contribution in [-0.4, -0.2) is 35.2 Å². The summed E-state index contributed by atoms with van der Waals surface area (Å²) in [6, 6.07) is -0.164. The predicted octanol–water partition coefficient (Wildman–Crippen LogP) is 2.36. The lowest BCUT2D eigenvalue weighted by atomic mass is 10.2. The second-order valence-electron chi connectivity index (χ2n) is 6.01. The molecule has 0 spiro atoms. The maximum Gasteiger partial charge on any atom is 0.407 e. The minimum Gasteiger partial charge on any atom is -0.444 e. The van der Waals surface area contributed by atoms with Gasteiger partial charge in [-0.15, -0.1) is 0 Å². The van der Waals surface area contributed by atoms with E-state index in [4.69, 9.17) is 4.74 Å². The first-order valence-electron chi connectivity index (χ1n) is 7.14. The van der Waals surface area contributed by atoms with Gasteiger partial charge in [0.1, 0.15) is 5.60 Å². The average molecular weight is 295 g/mol. The Morgan fingerprint density at radius 2 is 2.00 bits per heavy atom. The van der Waals surface area contributed by atoms with Gasteiger partial charge in [0.15, 0.2) is 0 Å². The number of ether oxygens (including phenoxy) is 1. The summed E-state index contributed by atoms with van der Waals surface area (Å²) in [7, 11) is 0. The fourth-order valence-electron chi connectivity index (χ4n) is 1.77. The second kappa shape index (κ2) is 7.15. The summed E-state index contributed by atoms with van der Waals surface area (Å²) in [6.07, 6.45) is 3.66. The Balaban J connectivity index is 2.46. The highest BCUT2D eigenvalue weighted by Crippen LogP contribution is 2.08. The number of aromatic nitrogens is 1. The molecular formula is C15H25N3O3. The predicted molar refractivity (Wildman–Crippen MR) is 81.3 cm³/mol. The fraction of sp³-hybridized carbons (Fsp3) is 0.600. The van der Waals surface area contributed by atoms with Crippen molar-refractivity contribution in [1.29, 1.82) is 0 Å². The van der Waals surface area contributed by atoms with Crippen LogP contribution >= 0.6 is 0 Å². The lowest BCUT2D eigenvalue weighted by Crippen LogP contribution is -2.45. The Bertz CT molecular complexity index is 489. The van der Waals surface area contributed by atoms with Crippen molar-refractivity contribution in [3.8, 4) is 0 Å². The zero-order valence-corrected chi connectivity index (χ0v) is 13.4. The largest absolute Gasteiger partial charge is 0.444 e. The van der Waals surface area contributed by atoms with Gasteiger partial charge in [-0.1, -0.05) is 6.92 Å². The number of amides is 2. The van der Waals surface area contributed by atoms with Gasteiger partial charge in [0.25, 0.3) is 5.91 Å². The highest BCUT2D eigenvalue weighted by molar-refractivity contribution is 5.95. The van der Waals surface area contributed by atoms with Gasteiger partial charge in [0.05, 0.1) is 5.56 Å². The highest BCUT2D eigenvalue weighted by Gasteiger charge is 2.19. The van der Waals surface area contributed by atoms with E-state index in [9.17, 15) is 9.59 Å². The smallest absolute Gasteiger partial charge is 0.407 e. The minimum absolute atomic E-state index is 0.154. The fourth-order valence-corrected chi connectivity index (χ4v) is 1.77. The van der Waals surface area contributed by atoms with Gasteiger partial charge in [0.2, 0.25) is 0 Å². The molecule has 1 aromatic heterocycles. The van der Waals surface area contributed by atoms with E-state index in [1.165, 1.54) is 0 Å². The Hall–Kier alpha value is -1.98. The van der Waals surface area contributed by atoms with Crippen molar-refractivity contribution in [3.63, 3.8) is 0 Å². The van der Waals surface area contributed by atoms with Gasteiger partial charge in [-0.3, -0.25) is 4.79 Å². The van der Waals surface area contributed by atoms with Crippen molar-refractivity contribution in [3.05, 3.63) is 23.5 Å². The SMILES string of the molecule is CCC(CNC(=O)c1c[nH]cc1C)NC(=O)OC(C)(C)C. The normalized spacial score (nSPS) is 12.6. The number of H-pyrrole nitrogens is 1. The van der Waals surface area contributed by atoms with Crippen LogP contribution in [-0.2, 0) is 4.74 Å². The number of aryl methyl sites for hydroxylation is 1. The van der Waals surface area contributed by atoms with E-state index in [-0.39, 0.29) is 11.9 Å². The molecule has 0 aliphatic rings. The van der Waals surface area contributed by atoms with E-state index >= 15 is 0 Å². The Kier molecular flexibility index (Phi) is 5.81. The van der Waals surface area contributed by atoms with Gasteiger partial charge < -0.3 is 20.4 Å². The molecule has 0 aliphatic heterocycles. The van der Waals surface area contributed by atoms with Gasteiger partial charge in [-0.05, 0) is 39.7 Å². The molecule has 2 amide bonds. The Morgan fingerprint density at radius 3 is 2.48 bits per heavy atom. The molecule has 1 aromatic rings. The summed E-state index contributed by atoms with van der Waals surface area (Å²) in [4.78, 5) is 26.6. The maximum absolute atomic E-state index is 12.0. The van der Waals surface area contributed by atoms with E-state index < -0.39 is 11.7 Å². The number of carbonyl (C=O) groups is 2. The van der Waals surface area contributed by atoms with Crippen LogP contribution in [0, 0.1) is 6.92 Å². The van der Waals surface area contributed by atoms with E-state index in [1.54, 1.807) is 12.4 Å². The Morgan fingerprint density at radius 1 is 1.33 bits per heavy atom. The van der Waals surface area contributed by atoms with Crippen molar-refractivity contribution in [2.75, 3.05) is 6.54 Å². The van der Waals surface area contributed by atoms with E-state index in [0.717, 1.165) is 5.56 Å². The molecule has 1 atom stereocenters. The van der Waals surface area contributed by atoms with Crippen LogP contribution in [0.4, 0.5) is 4.79 Å². The number of alkyl carbamates (subject to hydrolysis) is 1. The van der Waals surface area contributed by atoms with Crippen molar-refractivity contribution >= 4 is 12.0 Å². The third-order valence-electron chi connectivity index (χ3n) is 2.92. The molecular weight excluding hydrogens is 270 g/mol. The lowest BCUT2D eigenvalue weighted by molar-refractivity contribution is 0.0500. The number of nitrogens with one attached hydrogen (secondary N) is 3. The molecule has 0 fully saturated rings. The first-order valence-corrected chi connectivity index (χ1v) is 7.14. The average Bonchev–Trinajstić information content (AvgIpc) is 2.78. The van der Waals surface area contributed by atoms with E-state index in [1.807, 2.05) is 34.6 Å². The summed E-state index contributed by atoms with van der Waals surface area (Å²) in [5, 5.41) is 5.57. The van der Waals surface area contributed by atoms with Crippen LogP contribution in [0.3, 0.4) is 0 Å². The molecule has 21 heavy (non-hydrogen) atoms. The van der Waals surface area contributed by atoms with Crippen molar-refractivity contribution in [1.82, 2.24) is 15.6 Å². The van der Waals surface area contributed by atoms with Gasteiger partial charge in [-0.25, -0.2) is 4.79 Å². The van der Waals surface area contributed by atoms with Crippen molar-refractivity contribution in [2.24, 2.45) is 0 Å². The molecule has 0 aliphatic carbocycles. The summed E-state index contributed by atoms with van der Waals surface area (Å²) in [6.45, 7) is 9.59. The standard InChI is InChI=1S/C15H25N3O3/c1-6-11(18-14(20)21-15(3,4)5)8-17-13(19)12-9-16-7-10(12)2/h7,9,11,16H,6,8H2,1-5H3,(H,17,19)(H,18,20). The van der Waals surface area contributed by atoms with E-state index in [0.29, 0.717) is 18.5 Å². The minimum atomic E-state index is -0.534. The molecule has 1 rings (SSSR count). The first-order chi connectivity index (χ1) is 9.73. The number of hydrogen-bond acceptors (Lipinski definition) is 3. The summed E-state index contributed by atoms with van der Waals surface area (Å²) in [5.41, 5.74) is 0.969. The molecule has 1 heterocycles. The number of carbonyl (C=O) groups excluding carboxylic acids is 2. The van der Waals surface area contributed by atoms with Crippen LogP contribution < -0.4 is 10.6 Å². The molecule has 0 saturated carbocycles. The number of rotatable bonds is 5. The van der Waals surface area contributed by atoms with Crippen LogP contribution in [0.15, 0.2) is 12.4 Å². The summed E-state index contributed by atoms with van der Waals surface area (Å²) in [5.74, 6) is -0.154. The molecule has 0 saturated heterocycles. The lowest BCUT2D eigenvalue weighted by Gasteiger charge is -2.23. The number of hydrogen-bond donors (Lipinski definition) is 3. The summed E-state index contributed by atoms with van der Waals surface area (Å²) < 4.78 is 5.20. The second-order valence-corrected chi connectivity index (χ2v) is 6.01. The Labute approximate surface area is 125 Å². The van der Waals surface area contributed by atoms with Gasteiger partial charge in [0, 0.05) is 25.0 Å². The van der Waals surface area contributed by atoms with Crippen LogP contribution in [0.1, 0.15) is 50.0 Å².